The first kappa shape index (κ1) is 9.66. The van der Waals surface area contributed by atoms with Gasteiger partial charge in [0.1, 0.15) is 18.5 Å². The third-order valence-corrected chi connectivity index (χ3v) is 1.92. The minimum absolute atomic E-state index is 0.500. The maximum atomic E-state index is 5.14. The highest BCUT2D eigenvalue weighted by Crippen LogP contribution is 1.92. The summed E-state index contributed by atoms with van der Waals surface area (Å²) in [5.41, 5.74) is 0. The number of rotatable bonds is 2. The van der Waals surface area contributed by atoms with Gasteiger partial charge in [0, 0.05) is 13.3 Å². The molecule has 0 aliphatic carbocycles. The minimum Gasteiger partial charge on any atom is -0.404 e. The van der Waals surface area contributed by atoms with Gasteiger partial charge in [-0.3, -0.25) is 0 Å². The summed E-state index contributed by atoms with van der Waals surface area (Å²) in [7, 11) is 2.00. The summed E-state index contributed by atoms with van der Waals surface area (Å²) in [6.07, 6.45) is 7.44. The van der Waals surface area contributed by atoms with Gasteiger partial charge < -0.3 is 4.74 Å². The van der Waals surface area contributed by atoms with Crippen molar-refractivity contribution in [1.82, 2.24) is 4.57 Å². The molecule has 0 aromatic carbocycles. The van der Waals surface area contributed by atoms with Crippen molar-refractivity contribution in [2.45, 2.75) is 27.0 Å². The van der Waals surface area contributed by atoms with Crippen LogP contribution < -0.4 is 4.57 Å². The molecular weight excluding hydrogens is 164 g/mol. The predicted octanol–water partition coefficient (Wildman–Crippen LogP) is 0.966. The van der Waals surface area contributed by atoms with Crippen molar-refractivity contribution in [3.05, 3.63) is 18.2 Å². The second-order valence-corrected chi connectivity index (χ2v) is 2.83. The van der Waals surface area contributed by atoms with Gasteiger partial charge in [-0.05, 0) is 0 Å². The van der Waals surface area contributed by atoms with Crippen LogP contribution in [-0.2, 0) is 18.5 Å². The fourth-order valence-corrected chi connectivity index (χ4v) is 0.960. The van der Waals surface area contributed by atoms with E-state index in [-0.39, 0.29) is 0 Å². The van der Waals surface area contributed by atoms with Crippen molar-refractivity contribution in [1.29, 1.82) is 0 Å². The number of ether oxygens (including phenoxy) is 1. The van der Waals surface area contributed by atoms with Crippen LogP contribution in [-0.4, -0.2) is 4.57 Å². The van der Waals surface area contributed by atoms with Crippen LogP contribution in [0.25, 0.3) is 0 Å². The lowest BCUT2D eigenvalue weighted by Crippen LogP contribution is -2.29. The molecule has 0 spiro atoms. The Morgan fingerprint density at radius 3 is 2.92 bits per heavy atom. The highest BCUT2D eigenvalue weighted by atomic mass is 16.5. The van der Waals surface area contributed by atoms with Crippen LogP contribution in [0.2, 0.25) is 0 Å². The molecule has 0 atom stereocenters. The Hall–Kier alpha value is -1.43. The Kier molecular flexibility index (Phi) is 3.39. The highest BCUT2D eigenvalue weighted by molar-refractivity contribution is 4.89. The van der Waals surface area contributed by atoms with E-state index < -0.39 is 0 Å². The molecule has 13 heavy (non-hydrogen) atoms. The maximum Gasteiger partial charge on any atom is 0.255 e. The first-order chi connectivity index (χ1) is 6.25. The molecular formula is C10H15N2O+. The van der Waals surface area contributed by atoms with E-state index in [1.807, 2.05) is 42.4 Å². The van der Waals surface area contributed by atoms with Crippen LogP contribution in [0, 0.1) is 19.0 Å². The lowest BCUT2D eigenvalue weighted by atomic mass is 10.5. The molecule has 0 N–H and O–H groups in total. The van der Waals surface area contributed by atoms with E-state index in [0.717, 1.165) is 12.2 Å². The van der Waals surface area contributed by atoms with Crippen molar-refractivity contribution >= 4 is 0 Å². The van der Waals surface area contributed by atoms with Gasteiger partial charge in [-0.15, -0.1) is 0 Å². The van der Waals surface area contributed by atoms with Crippen LogP contribution in [0.1, 0.15) is 19.2 Å². The van der Waals surface area contributed by atoms with Gasteiger partial charge in [0.05, 0.1) is 7.05 Å². The SMILES string of the molecule is CCC#COCn1cc[n+](C)c1C. The predicted molar refractivity (Wildman–Crippen MR) is 49.5 cm³/mol. The van der Waals surface area contributed by atoms with Crippen molar-refractivity contribution in [3.63, 3.8) is 0 Å². The van der Waals surface area contributed by atoms with Gasteiger partial charge in [0.2, 0.25) is 6.73 Å². The zero-order valence-electron chi connectivity index (χ0n) is 8.37. The summed E-state index contributed by atoms with van der Waals surface area (Å²) in [5.74, 6) is 4.00. The van der Waals surface area contributed by atoms with E-state index in [1.165, 1.54) is 0 Å². The highest BCUT2D eigenvalue weighted by Gasteiger charge is 2.07. The summed E-state index contributed by atoms with van der Waals surface area (Å²) >= 11 is 0. The van der Waals surface area contributed by atoms with Crippen LogP contribution in [0.4, 0.5) is 0 Å². The Morgan fingerprint density at radius 2 is 2.38 bits per heavy atom. The van der Waals surface area contributed by atoms with E-state index in [0.29, 0.717) is 6.73 Å². The molecule has 1 aromatic rings. The fraction of sp³-hybridized carbons (Fsp3) is 0.500. The van der Waals surface area contributed by atoms with Gasteiger partial charge in [-0.1, -0.05) is 12.8 Å². The van der Waals surface area contributed by atoms with Gasteiger partial charge in [0.25, 0.3) is 5.82 Å². The number of aromatic nitrogens is 2. The second kappa shape index (κ2) is 4.56. The van der Waals surface area contributed by atoms with Crippen molar-refractivity contribution in [2.75, 3.05) is 0 Å². The van der Waals surface area contributed by atoms with Crippen molar-refractivity contribution in [3.8, 4) is 12.0 Å². The number of hydrogen-bond donors (Lipinski definition) is 0. The van der Waals surface area contributed by atoms with Crippen molar-refractivity contribution < 1.29 is 9.30 Å². The number of nitrogens with zero attached hydrogens (tertiary/aromatic N) is 2. The summed E-state index contributed by atoms with van der Waals surface area (Å²) < 4.78 is 9.19. The lowest BCUT2D eigenvalue weighted by molar-refractivity contribution is -0.677. The largest absolute Gasteiger partial charge is 0.404 e. The van der Waals surface area contributed by atoms with Crippen LogP contribution in [0.5, 0.6) is 0 Å². The standard InChI is InChI=1S/C10H15N2O/c1-4-5-8-13-9-12-7-6-11(3)10(12)2/h6-7H,4,9H2,1-3H3/q+1. The zero-order valence-corrected chi connectivity index (χ0v) is 8.37. The smallest absolute Gasteiger partial charge is 0.255 e. The monoisotopic (exact) mass is 179 g/mol. The molecule has 0 amide bonds. The molecule has 3 heteroatoms. The summed E-state index contributed by atoms with van der Waals surface area (Å²) in [4.78, 5) is 0. The average Bonchev–Trinajstić information content (AvgIpc) is 2.43. The van der Waals surface area contributed by atoms with E-state index in [1.54, 1.807) is 0 Å². The molecule has 1 heterocycles. The summed E-state index contributed by atoms with van der Waals surface area (Å²) in [5, 5.41) is 0. The van der Waals surface area contributed by atoms with Gasteiger partial charge in [-0.2, -0.15) is 4.57 Å². The Labute approximate surface area is 78.9 Å². The molecule has 0 fully saturated rings. The molecule has 1 rings (SSSR count). The fourth-order valence-electron chi connectivity index (χ4n) is 0.960. The van der Waals surface area contributed by atoms with E-state index in [4.69, 9.17) is 4.74 Å². The van der Waals surface area contributed by atoms with Gasteiger partial charge >= 0.3 is 0 Å². The first-order valence-electron chi connectivity index (χ1n) is 4.36. The average molecular weight is 179 g/mol. The molecule has 70 valence electrons. The van der Waals surface area contributed by atoms with Crippen LogP contribution in [0.3, 0.4) is 0 Å². The summed E-state index contributed by atoms with van der Waals surface area (Å²) in [6.45, 7) is 4.54. The zero-order chi connectivity index (χ0) is 9.68. The van der Waals surface area contributed by atoms with Crippen LogP contribution in [0.15, 0.2) is 12.4 Å². The molecule has 0 aliphatic rings. The van der Waals surface area contributed by atoms with E-state index in [9.17, 15) is 0 Å². The van der Waals surface area contributed by atoms with Crippen LogP contribution >= 0.6 is 0 Å². The minimum atomic E-state index is 0.500. The molecule has 0 radical (unpaired) electrons. The topological polar surface area (TPSA) is 18.0 Å². The lowest BCUT2D eigenvalue weighted by Gasteiger charge is -1.95. The molecule has 0 saturated heterocycles. The molecule has 3 nitrogen and oxygen atoms in total. The molecule has 0 saturated carbocycles. The van der Waals surface area contributed by atoms with E-state index in [2.05, 4.69) is 12.0 Å². The molecule has 1 aromatic heterocycles. The summed E-state index contributed by atoms with van der Waals surface area (Å²) in [6, 6.07) is 0. The number of aryl methyl sites for hydroxylation is 1. The molecule has 0 bridgehead atoms. The normalized spacial score (nSPS) is 9.15. The Bertz CT molecular complexity index is 330. The van der Waals surface area contributed by atoms with E-state index >= 15 is 0 Å². The molecule has 0 unspecified atom stereocenters. The third kappa shape index (κ3) is 2.51. The first-order valence-corrected chi connectivity index (χ1v) is 4.36. The van der Waals surface area contributed by atoms with Crippen molar-refractivity contribution in [2.24, 2.45) is 7.05 Å². The Balaban J connectivity index is 2.50. The third-order valence-electron chi connectivity index (χ3n) is 1.92. The van der Waals surface area contributed by atoms with Gasteiger partial charge in [0.15, 0.2) is 0 Å². The second-order valence-electron chi connectivity index (χ2n) is 2.83. The Morgan fingerprint density at radius 1 is 1.62 bits per heavy atom. The quantitative estimate of drug-likeness (QED) is 0.488. The van der Waals surface area contributed by atoms with Gasteiger partial charge in [-0.25, -0.2) is 4.57 Å². The number of imidazole rings is 1. The maximum absolute atomic E-state index is 5.14. The number of hydrogen-bond acceptors (Lipinski definition) is 1. The molecule has 0 aliphatic heterocycles.